The van der Waals surface area contributed by atoms with Crippen molar-refractivity contribution in [3.8, 4) is 0 Å². The number of aromatic amines is 1. The number of nitrogens with one attached hydrogen (secondary N) is 1. The number of aryl methyl sites for hydroxylation is 1. The van der Waals surface area contributed by atoms with Crippen LogP contribution in [0.25, 0.3) is 11.0 Å². The Kier molecular flexibility index (Phi) is 1.21. The van der Waals surface area contributed by atoms with Crippen molar-refractivity contribution >= 4 is 17.0 Å². The van der Waals surface area contributed by atoms with Crippen molar-refractivity contribution in [2.24, 2.45) is 7.05 Å². The number of aromatic nitrogens is 3. The van der Waals surface area contributed by atoms with Gasteiger partial charge in [0.2, 0.25) is 5.95 Å². The van der Waals surface area contributed by atoms with Crippen LogP contribution in [-0.2, 0) is 7.05 Å². The minimum atomic E-state index is -0.204. The van der Waals surface area contributed by atoms with Crippen molar-refractivity contribution < 1.29 is 0 Å². The molecule has 2 aromatic heterocycles. The van der Waals surface area contributed by atoms with Gasteiger partial charge in [-0.3, -0.25) is 9.78 Å². The zero-order chi connectivity index (χ0) is 8.72. The summed E-state index contributed by atoms with van der Waals surface area (Å²) in [7, 11) is 1.79. The molecular formula is C7H8N4O. The van der Waals surface area contributed by atoms with Gasteiger partial charge in [-0.15, -0.1) is 0 Å². The van der Waals surface area contributed by atoms with Crippen molar-refractivity contribution in [3.63, 3.8) is 0 Å². The zero-order valence-electron chi connectivity index (χ0n) is 6.53. The average Bonchev–Trinajstić information content (AvgIpc) is 2.31. The van der Waals surface area contributed by atoms with E-state index in [1.165, 1.54) is 0 Å². The van der Waals surface area contributed by atoms with E-state index in [-0.39, 0.29) is 11.5 Å². The Hall–Kier alpha value is -1.78. The maximum atomic E-state index is 11.3. The Balaban J connectivity index is 3.03. The van der Waals surface area contributed by atoms with Crippen molar-refractivity contribution in [1.29, 1.82) is 0 Å². The fourth-order valence-electron chi connectivity index (χ4n) is 1.22. The summed E-state index contributed by atoms with van der Waals surface area (Å²) in [5.41, 5.74) is 6.32. The van der Waals surface area contributed by atoms with Crippen molar-refractivity contribution in [3.05, 3.63) is 22.6 Å². The van der Waals surface area contributed by atoms with E-state index in [9.17, 15) is 4.79 Å². The van der Waals surface area contributed by atoms with E-state index in [2.05, 4.69) is 9.97 Å². The van der Waals surface area contributed by atoms with Crippen LogP contribution in [0.4, 0.5) is 5.95 Å². The van der Waals surface area contributed by atoms with Gasteiger partial charge < -0.3 is 10.3 Å². The van der Waals surface area contributed by atoms with Crippen LogP contribution in [0.15, 0.2) is 17.1 Å². The van der Waals surface area contributed by atoms with E-state index in [0.717, 1.165) is 0 Å². The highest BCUT2D eigenvalue weighted by Crippen LogP contribution is 2.06. The van der Waals surface area contributed by atoms with Crippen LogP contribution in [0.5, 0.6) is 0 Å². The normalized spacial score (nSPS) is 10.8. The summed E-state index contributed by atoms with van der Waals surface area (Å²) < 4.78 is 1.71. The predicted molar refractivity (Wildman–Crippen MR) is 45.7 cm³/mol. The fourth-order valence-corrected chi connectivity index (χ4v) is 1.22. The Morgan fingerprint density at radius 1 is 1.67 bits per heavy atom. The molecule has 0 amide bonds. The lowest BCUT2D eigenvalue weighted by atomic mass is 10.4. The van der Waals surface area contributed by atoms with Crippen molar-refractivity contribution in [2.75, 3.05) is 5.73 Å². The van der Waals surface area contributed by atoms with Gasteiger partial charge >= 0.3 is 0 Å². The molecule has 62 valence electrons. The topological polar surface area (TPSA) is 76.7 Å². The minimum absolute atomic E-state index is 0.152. The lowest BCUT2D eigenvalue weighted by Gasteiger charge is -1.94. The molecule has 0 aromatic carbocycles. The van der Waals surface area contributed by atoms with Gasteiger partial charge in [0.25, 0.3) is 5.56 Å². The highest BCUT2D eigenvalue weighted by Gasteiger charge is 2.03. The first-order valence-electron chi connectivity index (χ1n) is 3.49. The number of fused-ring (bicyclic) bond motifs is 1. The Morgan fingerprint density at radius 3 is 3.17 bits per heavy atom. The van der Waals surface area contributed by atoms with E-state index in [1.54, 1.807) is 23.9 Å². The lowest BCUT2D eigenvalue weighted by Crippen LogP contribution is -2.12. The summed E-state index contributed by atoms with van der Waals surface area (Å²) in [6, 6.07) is 1.75. The number of nitrogens with zero attached hydrogens (tertiary/aromatic N) is 2. The molecular weight excluding hydrogens is 156 g/mol. The van der Waals surface area contributed by atoms with E-state index in [0.29, 0.717) is 11.0 Å². The fraction of sp³-hybridized carbons (Fsp3) is 0.143. The van der Waals surface area contributed by atoms with E-state index in [1.807, 2.05) is 0 Å². The summed E-state index contributed by atoms with van der Waals surface area (Å²) in [5.74, 6) is 0.152. The summed E-state index contributed by atoms with van der Waals surface area (Å²) in [6.07, 6.45) is 1.77. The highest BCUT2D eigenvalue weighted by atomic mass is 16.1. The van der Waals surface area contributed by atoms with Gasteiger partial charge in [0, 0.05) is 13.2 Å². The van der Waals surface area contributed by atoms with Gasteiger partial charge in [-0.25, -0.2) is 4.98 Å². The first kappa shape index (κ1) is 6.90. The highest BCUT2D eigenvalue weighted by molar-refractivity contribution is 5.75. The molecule has 0 aliphatic carbocycles. The molecule has 0 spiro atoms. The van der Waals surface area contributed by atoms with Crippen molar-refractivity contribution in [2.45, 2.75) is 0 Å². The zero-order valence-corrected chi connectivity index (χ0v) is 6.53. The van der Waals surface area contributed by atoms with E-state index in [4.69, 9.17) is 5.73 Å². The second-order valence-corrected chi connectivity index (χ2v) is 2.61. The van der Waals surface area contributed by atoms with E-state index < -0.39 is 0 Å². The third-order valence-electron chi connectivity index (χ3n) is 1.75. The monoisotopic (exact) mass is 164 g/mol. The molecule has 0 aliphatic heterocycles. The largest absolute Gasteiger partial charge is 0.369 e. The SMILES string of the molecule is Cn1ccc2nc(N)[nH]c(=O)c21. The number of nitrogens with two attached hydrogens (primary N) is 1. The summed E-state index contributed by atoms with van der Waals surface area (Å²) >= 11 is 0. The maximum absolute atomic E-state index is 11.3. The molecule has 3 N–H and O–H groups in total. The molecule has 0 atom stereocenters. The van der Waals surface area contributed by atoms with Gasteiger partial charge in [-0.2, -0.15) is 0 Å². The average molecular weight is 164 g/mol. The van der Waals surface area contributed by atoms with Crippen LogP contribution in [0, 0.1) is 0 Å². The molecule has 2 rings (SSSR count). The van der Waals surface area contributed by atoms with E-state index >= 15 is 0 Å². The molecule has 0 unspecified atom stereocenters. The number of rotatable bonds is 0. The number of hydrogen-bond donors (Lipinski definition) is 2. The predicted octanol–water partition coefficient (Wildman–Crippen LogP) is -0.156. The van der Waals surface area contributed by atoms with Crippen LogP contribution in [-0.4, -0.2) is 14.5 Å². The molecule has 2 aromatic rings. The summed E-state index contributed by atoms with van der Waals surface area (Å²) in [6.45, 7) is 0. The van der Waals surface area contributed by atoms with Crippen LogP contribution in [0.2, 0.25) is 0 Å². The second-order valence-electron chi connectivity index (χ2n) is 2.61. The maximum Gasteiger partial charge on any atom is 0.276 e. The quantitative estimate of drug-likeness (QED) is 0.568. The number of anilines is 1. The molecule has 0 aliphatic rings. The number of hydrogen-bond acceptors (Lipinski definition) is 3. The first-order chi connectivity index (χ1) is 5.68. The van der Waals surface area contributed by atoms with Gasteiger partial charge in [-0.05, 0) is 6.07 Å². The third-order valence-corrected chi connectivity index (χ3v) is 1.75. The van der Waals surface area contributed by atoms with Gasteiger partial charge in [0.1, 0.15) is 5.52 Å². The van der Waals surface area contributed by atoms with Crippen molar-refractivity contribution in [1.82, 2.24) is 14.5 Å². The molecule has 5 heteroatoms. The Labute approximate surface area is 67.8 Å². The van der Waals surface area contributed by atoms with Crippen LogP contribution < -0.4 is 11.3 Å². The molecule has 0 radical (unpaired) electrons. The Bertz CT molecular complexity index is 482. The van der Waals surface area contributed by atoms with Crippen LogP contribution >= 0.6 is 0 Å². The number of nitrogen functional groups attached to an aromatic ring is 1. The van der Waals surface area contributed by atoms with Crippen LogP contribution in [0.1, 0.15) is 0 Å². The minimum Gasteiger partial charge on any atom is -0.369 e. The molecule has 12 heavy (non-hydrogen) atoms. The van der Waals surface area contributed by atoms with Gasteiger partial charge in [-0.1, -0.05) is 0 Å². The molecule has 0 saturated heterocycles. The molecule has 0 bridgehead atoms. The Morgan fingerprint density at radius 2 is 2.42 bits per heavy atom. The first-order valence-corrected chi connectivity index (χ1v) is 3.49. The molecule has 2 heterocycles. The smallest absolute Gasteiger partial charge is 0.276 e. The molecule has 0 fully saturated rings. The third kappa shape index (κ3) is 0.795. The number of H-pyrrole nitrogens is 1. The summed E-state index contributed by atoms with van der Waals surface area (Å²) in [5, 5.41) is 0. The second kappa shape index (κ2) is 2.10. The molecule has 5 nitrogen and oxygen atoms in total. The van der Waals surface area contributed by atoms with Crippen LogP contribution in [0.3, 0.4) is 0 Å². The summed E-state index contributed by atoms with van der Waals surface area (Å²) in [4.78, 5) is 17.7. The molecule has 0 saturated carbocycles. The standard InChI is InChI=1S/C7H8N4O/c1-11-3-2-4-5(11)6(12)10-7(8)9-4/h2-3H,1H3,(H3,8,9,10,12). The van der Waals surface area contributed by atoms with Gasteiger partial charge in [0.05, 0.1) is 5.52 Å². The van der Waals surface area contributed by atoms with Gasteiger partial charge in [0.15, 0.2) is 0 Å². The lowest BCUT2D eigenvalue weighted by molar-refractivity contribution is 0.955.